The topological polar surface area (TPSA) is 24.9 Å². The number of halogens is 2. The van der Waals surface area contributed by atoms with Gasteiger partial charge in [0.05, 0.1) is 10.7 Å². The Hall–Kier alpha value is -0.770. The number of thiazole rings is 1. The number of hydrogen-bond acceptors (Lipinski definition) is 3. The van der Waals surface area contributed by atoms with E-state index in [4.69, 9.17) is 23.2 Å². The van der Waals surface area contributed by atoms with Gasteiger partial charge in [-0.25, -0.2) is 4.98 Å². The van der Waals surface area contributed by atoms with Crippen LogP contribution in [0.1, 0.15) is 13.8 Å². The maximum atomic E-state index is 6.16. The highest BCUT2D eigenvalue weighted by Gasteiger charge is 2.08. The van der Waals surface area contributed by atoms with Gasteiger partial charge in [0.15, 0.2) is 5.13 Å². The molecule has 1 N–H and O–H groups in total. The predicted octanol–water partition coefficient (Wildman–Crippen LogP) is 5.18. The molecular weight excluding hydrogens is 287 g/mol. The minimum atomic E-state index is 0.594. The van der Waals surface area contributed by atoms with E-state index in [0.29, 0.717) is 16.0 Å². The molecule has 2 aromatic rings. The van der Waals surface area contributed by atoms with Crippen LogP contribution in [0.4, 0.5) is 5.13 Å². The molecule has 2 rings (SSSR count). The van der Waals surface area contributed by atoms with Crippen molar-refractivity contribution in [3.8, 4) is 11.3 Å². The zero-order chi connectivity index (χ0) is 13.1. The summed E-state index contributed by atoms with van der Waals surface area (Å²) in [5, 5.41) is 7.49. The standard InChI is InChI=1S/C13H14Cl2N2S/c1-8(2)6-16-13-17-12(7-18-13)10-4-3-9(14)5-11(10)15/h3-5,7-8H,6H2,1-2H3,(H,16,17). The first kappa shape index (κ1) is 13.7. The Labute approximate surface area is 121 Å². The number of aromatic nitrogens is 1. The van der Waals surface area contributed by atoms with Crippen LogP contribution in [0.5, 0.6) is 0 Å². The van der Waals surface area contributed by atoms with E-state index in [-0.39, 0.29) is 0 Å². The fourth-order valence-electron chi connectivity index (χ4n) is 1.47. The van der Waals surface area contributed by atoms with Crippen LogP contribution in [0.25, 0.3) is 11.3 Å². The molecule has 0 amide bonds. The number of rotatable bonds is 4. The van der Waals surface area contributed by atoms with E-state index < -0.39 is 0 Å². The van der Waals surface area contributed by atoms with Gasteiger partial charge in [0.1, 0.15) is 0 Å². The third-order valence-corrected chi connectivity index (χ3v) is 3.72. The Morgan fingerprint density at radius 1 is 1.33 bits per heavy atom. The van der Waals surface area contributed by atoms with E-state index in [0.717, 1.165) is 22.9 Å². The molecule has 0 fully saturated rings. The van der Waals surface area contributed by atoms with Crippen molar-refractivity contribution in [2.45, 2.75) is 13.8 Å². The molecule has 0 aliphatic carbocycles. The smallest absolute Gasteiger partial charge is 0.183 e. The maximum Gasteiger partial charge on any atom is 0.183 e. The summed E-state index contributed by atoms with van der Waals surface area (Å²) in [6.45, 7) is 5.25. The minimum Gasteiger partial charge on any atom is -0.361 e. The summed E-state index contributed by atoms with van der Waals surface area (Å²) in [6.07, 6.45) is 0. The molecule has 0 saturated heterocycles. The van der Waals surface area contributed by atoms with Crippen LogP contribution in [0.15, 0.2) is 23.6 Å². The zero-order valence-electron chi connectivity index (χ0n) is 10.2. The summed E-state index contributed by atoms with van der Waals surface area (Å²) in [5.41, 5.74) is 1.79. The van der Waals surface area contributed by atoms with Gasteiger partial charge in [-0.05, 0) is 24.1 Å². The average Bonchev–Trinajstić information content (AvgIpc) is 2.75. The van der Waals surface area contributed by atoms with Crippen molar-refractivity contribution in [2.24, 2.45) is 5.92 Å². The molecule has 0 aliphatic heterocycles. The van der Waals surface area contributed by atoms with Crippen LogP contribution in [0, 0.1) is 5.92 Å². The van der Waals surface area contributed by atoms with Gasteiger partial charge in [-0.1, -0.05) is 37.0 Å². The Morgan fingerprint density at radius 3 is 2.78 bits per heavy atom. The fourth-order valence-corrected chi connectivity index (χ4v) is 2.69. The molecular formula is C13H14Cl2N2S. The molecule has 1 heterocycles. The molecule has 1 aromatic carbocycles. The molecule has 0 saturated carbocycles. The number of anilines is 1. The Balaban J connectivity index is 2.18. The van der Waals surface area contributed by atoms with E-state index in [9.17, 15) is 0 Å². The Bertz CT molecular complexity index is 538. The fraction of sp³-hybridized carbons (Fsp3) is 0.308. The third kappa shape index (κ3) is 3.37. The number of nitrogens with zero attached hydrogens (tertiary/aromatic N) is 1. The molecule has 18 heavy (non-hydrogen) atoms. The number of nitrogens with one attached hydrogen (secondary N) is 1. The van der Waals surface area contributed by atoms with E-state index in [1.807, 2.05) is 17.5 Å². The van der Waals surface area contributed by atoms with Gasteiger partial charge in [0, 0.05) is 22.5 Å². The van der Waals surface area contributed by atoms with E-state index in [2.05, 4.69) is 24.1 Å². The van der Waals surface area contributed by atoms with Crippen LogP contribution in [-0.2, 0) is 0 Å². The van der Waals surface area contributed by atoms with Gasteiger partial charge in [-0.3, -0.25) is 0 Å². The van der Waals surface area contributed by atoms with Crippen LogP contribution in [0.3, 0.4) is 0 Å². The first-order valence-corrected chi connectivity index (χ1v) is 7.34. The molecule has 0 bridgehead atoms. The van der Waals surface area contributed by atoms with E-state index >= 15 is 0 Å². The van der Waals surface area contributed by atoms with Crippen molar-refractivity contribution < 1.29 is 0 Å². The van der Waals surface area contributed by atoms with Crippen molar-refractivity contribution in [2.75, 3.05) is 11.9 Å². The minimum absolute atomic E-state index is 0.594. The summed E-state index contributed by atoms with van der Waals surface area (Å²) in [7, 11) is 0. The average molecular weight is 301 g/mol. The highest BCUT2D eigenvalue weighted by Crippen LogP contribution is 2.32. The van der Waals surface area contributed by atoms with Crippen LogP contribution in [0.2, 0.25) is 10.0 Å². The third-order valence-electron chi connectivity index (χ3n) is 2.37. The number of benzene rings is 1. The van der Waals surface area contributed by atoms with E-state index in [1.54, 1.807) is 17.4 Å². The van der Waals surface area contributed by atoms with Crippen molar-refractivity contribution in [1.29, 1.82) is 0 Å². The van der Waals surface area contributed by atoms with Crippen LogP contribution < -0.4 is 5.32 Å². The van der Waals surface area contributed by atoms with Gasteiger partial charge < -0.3 is 5.32 Å². The lowest BCUT2D eigenvalue weighted by Crippen LogP contribution is -2.07. The molecule has 0 spiro atoms. The first-order valence-electron chi connectivity index (χ1n) is 5.71. The molecule has 1 aromatic heterocycles. The van der Waals surface area contributed by atoms with Gasteiger partial charge in [-0.2, -0.15) is 0 Å². The molecule has 0 aliphatic rings. The monoisotopic (exact) mass is 300 g/mol. The normalized spacial score (nSPS) is 10.9. The summed E-state index contributed by atoms with van der Waals surface area (Å²) in [6, 6.07) is 5.45. The van der Waals surface area contributed by atoms with Gasteiger partial charge in [0.2, 0.25) is 0 Å². The maximum absolute atomic E-state index is 6.16. The largest absolute Gasteiger partial charge is 0.361 e. The summed E-state index contributed by atoms with van der Waals surface area (Å²) in [4.78, 5) is 4.52. The summed E-state index contributed by atoms with van der Waals surface area (Å²) in [5.74, 6) is 0.594. The van der Waals surface area contributed by atoms with Gasteiger partial charge in [0.25, 0.3) is 0 Å². The van der Waals surface area contributed by atoms with Crippen LogP contribution in [-0.4, -0.2) is 11.5 Å². The van der Waals surface area contributed by atoms with Crippen molar-refractivity contribution in [3.63, 3.8) is 0 Å². The summed E-state index contributed by atoms with van der Waals surface area (Å²) >= 11 is 13.6. The SMILES string of the molecule is CC(C)CNc1nc(-c2ccc(Cl)cc2Cl)cs1. The quantitative estimate of drug-likeness (QED) is 0.841. The molecule has 2 nitrogen and oxygen atoms in total. The summed E-state index contributed by atoms with van der Waals surface area (Å²) < 4.78 is 0. The predicted molar refractivity (Wildman–Crippen MR) is 80.9 cm³/mol. The van der Waals surface area contributed by atoms with Gasteiger partial charge >= 0.3 is 0 Å². The van der Waals surface area contributed by atoms with Crippen molar-refractivity contribution in [3.05, 3.63) is 33.6 Å². The lowest BCUT2D eigenvalue weighted by Gasteiger charge is -2.05. The molecule has 96 valence electrons. The lowest BCUT2D eigenvalue weighted by molar-refractivity contribution is 0.688. The highest BCUT2D eigenvalue weighted by atomic mass is 35.5. The highest BCUT2D eigenvalue weighted by molar-refractivity contribution is 7.14. The van der Waals surface area contributed by atoms with Crippen molar-refractivity contribution in [1.82, 2.24) is 4.98 Å². The van der Waals surface area contributed by atoms with Crippen molar-refractivity contribution >= 4 is 39.7 Å². The number of hydrogen-bond donors (Lipinski definition) is 1. The second kappa shape index (κ2) is 5.91. The van der Waals surface area contributed by atoms with E-state index in [1.165, 1.54) is 0 Å². The Kier molecular flexibility index (Phi) is 4.49. The second-order valence-electron chi connectivity index (χ2n) is 4.44. The molecule has 0 radical (unpaired) electrons. The van der Waals surface area contributed by atoms with Crippen LogP contribution >= 0.6 is 34.5 Å². The molecule has 0 unspecified atom stereocenters. The van der Waals surface area contributed by atoms with Gasteiger partial charge in [-0.15, -0.1) is 11.3 Å². The molecule has 5 heteroatoms. The zero-order valence-corrected chi connectivity index (χ0v) is 12.5. The lowest BCUT2D eigenvalue weighted by atomic mass is 10.2. The molecule has 0 atom stereocenters. The Morgan fingerprint density at radius 2 is 2.11 bits per heavy atom. The second-order valence-corrected chi connectivity index (χ2v) is 6.14. The first-order chi connectivity index (χ1) is 8.56.